The highest BCUT2D eigenvalue weighted by atomic mass is 35.5. The van der Waals surface area contributed by atoms with Crippen molar-refractivity contribution in [1.29, 1.82) is 0 Å². The van der Waals surface area contributed by atoms with E-state index in [9.17, 15) is 18.3 Å². The Balaban J connectivity index is 1.45. The second kappa shape index (κ2) is 11.2. The predicted molar refractivity (Wildman–Crippen MR) is 124 cm³/mol. The SMILES string of the molecule is C=CS(=O)(=O)NC1CCN(C(=O)CNC2CC(C3CCC(Cl)CC3)C(Cl)CC2O)CC1. The first-order valence-electron chi connectivity index (χ1n) is 11.3. The Morgan fingerprint density at radius 3 is 2.35 bits per heavy atom. The third-order valence-corrected chi connectivity index (χ3v) is 9.18. The van der Waals surface area contributed by atoms with E-state index in [0.29, 0.717) is 44.2 Å². The topological polar surface area (TPSA) is 98.7 Å². The third kappa shape index (κ3) is 7.05. The summed E-state index contributed by atoms with van der Waals surface area (Å²) in [6, 6.07) is -0.320. The van der Waals surface area contributed by atoms with Gasteiger partial charge in [-0.1, -0.05) is 6.58 Å². The lowest BCUT2D eigenvalue weighted by Gasteiger charge is -2.42. The monoisotopic (exact) mass is 495 g/mol. The molecule has 7 nitrogen and oxygen atoms in total. The maximum Gasteiger partial charge on any atom is 0.236 e. The van der Waals surface area contributed by atoms with Crippen molar-refractivity contribution in [3.8, 4) is 0 Å². The van der Waals surface area contributed by atoms with Gasteiger partial charge < -0.3 is 15.3 Å². The molecule has 4 atom stereocenters. The van der Waals surface area contributed by atoms with Crippen molar-refractivity contribution in [2.75, 3.05) is 19.6 Å². The summed E-state index contributed by atoms with van der Waals surface area (Å²) >= 11 is 12.9. The van der Waals surface area contributed by atoms with Crippen LogP contribution in [0.1, 0.15) is 51.4 Å². The van der Waals surface area contributed by atoms with E-state index >= 15 is 0 Å². The molecule has 2 aliphatic carbocycles. The number of aliphatic hydroxyl groups excluding tert-OH is 1. The van der Waals surface area contributed by atoms with Crippen LogP contribution in [0.25, 0.3) is 0 Å². The summed E-state index contributed by atoms with van der Waals surface area (Å²) in [6.45, 7) is 4.48. The molecule has 1 heterocycles. The molecule has 0 bridgehead atoms. The van der Waals surface area contributed by atoms with Gasteiger partial charge in [0.05, 0.1) is 12.6 Å². The number of carbonyl (C=O) groups excluding carboxylic acids is 1. The minimum Gasteiger partial charge on any atom is -0.391 e. The smallest absolute Gasteiger partial charge is 0.236 e. The van der Waals surface area contributed by atoms with Gasteiger partial charge in [0, 0.05) is 41.3 Å². The van der Waals surface area contributed by atoms with Crippen molar-refractivity contribution in [1.82, 2.24) is 14.9 Å². The van der Waals surface area contributed by atoms with Gasteiger partial charge in [0.2, 0.25) is 15.9 Å². The van der Waals surface area contributed by atoms with Gasteiger partial charge in [0.1, 0.15) is 0 Å². The highest BCUT2D eigenvalue weighted by molar-refractivity contribution is 7.92. The summed E-state index contributed by atoms with van der Waals surface area (Å²) in [6.07, 6.45) is 6.08. The zero-order valence-electron chi connectivity index (χ0n) is 17.9. The molecule has 4 unspecified atom stereocenters. The Hall–Kier alpha value is -0.380. The van der Waals surface area contributed by atoms with E-state index in [1.807, 2.05) is 0 Å². The molecule has 0 spiro atoms. The Morgan fingerprint density at radius 2 is 1.74 bits per heavy atom. The fourth-order valence-electron chi connectivity index (χ4n) is 5.24. The van der Waals surface area contributed by atoms with Crippen molar-refractivity contribution < 1.29 is 18.3 Å². The lowest BCUT2D eigenvalue weighted by molar-refractivity contribution is -0.131. The molecule has 3 aliphatic rings. The molecule has 1 saturated heterocycles. The summed E-state index contributed by atoms with van der Waals surface area (Å²) in [5, 5.41) is 14.9. The van der Waals surface area contributed by atoms with Gasteiger partial charge in [-0.15, -0.1) is 23.2 Å². The molecule has 0 aromatic carbocycles. The summed E-state index contributed by atoms with van der Waals surface area (Å²) in [5.41, 5.74) is 0. The molecule has 31 heavy (non-hydrogen) atoms. The fraction of sp³-hybridized carbons (Fsp3) is 0.857. The van der Waals surface area contributed by atoms with Crippen LogP contribution in [0.15, 0.2) is 12.0 Å². The lowest BCUT2D eigenvalue weighted by atomic mass is 9.71. The van der Waals surface area contributed by atoms with Gasteiger partial charge in [-0.3, -0.25) is 4.79 Å². The normalized spacial score (nSPS) is 35.6. The van der Waals surface area contributed by atoms with E-state index in [1.54, 1.807) is 4.90 Å². The number of carbonyl (C=O) groups is 1. The van der Waals surface area contributed by atoms with E-state index < -0.39 is 16.1 Å². The van der Waals surface area contributed by atoms with Crippen molar-refractivity contribution in [2.24, 2.45) is 11.8 Å². The van der Waals surface area contributed by atoms with Gasteiger partial charge in [-0.05, 0) is 63.2 Å². The first kappa shape index (κ1) is 25.2. The number of hydrogen-bond donors (Lipinski definition) is 3. The summed E-state index contributed by atoms with van der Waals surface area (Å²) in [7, 11) is -3.46. The molecule has 0 aromatic rings. The van der Waals surface area contributed by atoms with Crippen LogP contribution in [-0.4, -0.2) is 72.9 Å². The van der Waals surface area contributed by atoms with Gasteiger partial charge in [0.15, 0.2) is 0 Å². The molecule has 3 rings (SSSR count). The van der Waals surface area contributed by atoms with Crippen LogP contribution in [0.2, 0.25) is 0 Å². The fourth-order valence-corrected chi connectivity index (χ4v) is 6.78. The van der Waals surface area contributed by atoms with E-state index in [2.05, 4.69) is 16.6 Å². The summed E-state index contributed by atoms with van der Waals surface area (Å²) in [5.74, 6) is 0.836. The number of hydrogen-bond acceptors (Lipinski definition) is 5. The second-order valence-electron chi connectivity index (χ2n) is 9.20. The highest BCUT2D eigenvalue weighted by Gasteiger charge is 2.40. The van der Waals surface area contributed by atoms with Crippen LogP contribution in [0, 0.1) is 11.8 Å². The van der Waals surface area contributed by atoms with Crippen LogP contribution in [0.4, 0.5) is 0 Å². The Bertz CT molecular complexity index is 722. The molecule has 10 heteroatoms. The molecule has 1 amide bonds. The summed E-state index contributed by atoms with van der Waals surface area (Å²) < 4.78 is 25.8. The molecule has 3 N–H and O–H groups in total. The number of likely N-dealkylation sites (tertiary alicyclic amines) is 1. The number of nitrogens with one attached hydrogen (secondary N) is 2. The van der Waals surface area contributed by atoms with Crippen LogP contribution in [-0.2, 0) is 14.8 Å². The van der Waals surface area contributed by atoms with E-state index in [4.69, 9.17) is 23.2 Å². The number of rotatable bonds is 7. The zero-order valence-corrected chi connectivity index (χ0v) is 20.2. The van der Waals surface area contributed by atoms with Crippen molar-refractivity contribution in [2.45, 2.75) is 80.3 Å². The quantitative estimate of drug-likeness (QED) is 0.470. The maximum atomic E-state index is 12.7. The number of halogens is 2. The molecule has 2 saturated carbocycles. The number of alkyl halides is 2. The molecular weight excluding hydrogens is 461 g/mol. The first-order valence-corrected chi connectivity index (χ1v) is 13.7. The predicted octanol–water partition coefficient (Wildman–Crippen LogP) is 2.17. The van der Waals surface area contributed by atoms with Crippen molar-refractivity contribution in [3.63, 3.8) is 0 Å². The van der Waals surface area contributed by atoms with Crippen LogP contribution < -0.4 is 10.0 Å². The molecule has 3 fully saturated rings. The van der Waals surface area contributed by atoms with Gasteiger partial charge >= 0.3 is 0 Å². The van der Waals surface area contributed by atoms with Crippen LogP contribution in [0.3, 0.4) is 0 Å². The minimum atomic E-state index is -3.46. The largest absolute Gasteiger partial charge is 0.391 e. The van der Waals surface area contributed by atoms with Gasteiger partial charge in [-0.2, -0.15) is 0 Å². The highest BCUT2D eigenvalue weighted by Crippen LogP contribution is 2.41. The molecule has 178 valence electrons. The first-order chi connectivity index (χ1) is 14.7. The van der Waals surface area contributed by atoms with E-state index in [-0.39, 0.29) is 35.3 Å². The molecule has 1 aliphatic heterocycles. The zero-order chi connectivity index (χ0) is 22.6. The average molecular weight is 497 g/mol. The molecule has 0 aromatic heterocycles. The standard InChI is InChI=1S/C21H35Cl2N3O4S/c1-2-31(29,30)25-16-7-9-26(10-8-16)21(28)13-24-19-11-17(18(23)12-20(19)27)14-3-5-15(22)6-4-14/h2,14-20,24-25,27H,1,3-13H2. The van der Waals surface area contributed by atoms with E-state index in [1.165, 1.54) is 0 Å². The average Bonchev–Trinajstić information content (AvgIpc) is 2.74. The summed E-state index contributed by atoms with van der Waals surface area (Å²) in [4.78, 5) is 14.4. The van der Waals surface area contributed by atoms with Crippen molar-refractivity contribution >= 4 is 39.1 Å². The number of aliphatic hydroxyl groups is 1. The lowest BCUT2D eigenvalue weighted by Crippen LogP contribution is -2.53. The van der Waals surface area contributed by atoms with Crippen molar-refractivity contribution in [3.05, 3.63) is 12.0 Å². The van der Waals surface area contributed by atoms with Gasteiger partial charge in [0.25, 0.3) is 0 Å². The second-order valence-corrected chi connectivity index (χ2v) is 12.0. The Morgan fingerprint density at radius 1 is 1.10 bits per heavy atom. The number of sulfonamides is 1. The number of piperidine rings is 1. The Kier molecular flexibility index (Phi) is 9.09. The molecule has 0 radical (unpaired) electrons. The van der Waals surface area contributed by atoms with Crippen LogP contribution >= 0.6 is 23.2 Å². The van der Waals surface area contributed by atoms with E-state index in [0.717, 1.165) is 37.5 Å². The molecular formula is C21H35Cl2N3O4S. The minimum absolute atomic E-state index is 0.0237. The van der Waals surface area contributed by atoms with Gasteiger partial charge in [-0.25, -0.2) is 13.1 Å². The number of nitrogens with zero attached hydrogens (tertiary/aromatic N) is 1. The Labute approximate surface area is 196 Å². The third-order valence-electron chi connectivity index (χ3n) is 7.14. The van der Waals surface area contributed by atoms with Crippen LogP contribution in [0.5, 0.6) is 0 Å². The maximum absolute atomic E-state index is 12.7. The number of amides is 1.